The van der Waals surface area contributed by atoms with Gasteiger partial charge < -0.3 is 19.9 Å². The Bertz CT molecular complexity index is 430. The maximum Gasteiger partial charge on any atom is 0.335 e. The van der Waals surface area contributed by atoms with Crippen molar-refractivity contribution in [2.45, 2.75) is 12.0 Å². The summed E-state index contributed by atoms with van der Waals surface area (Å²) in [7, 11) is 1.65. The summed E-state index contributed by atoms with van der Waals surface area (Å²) in [4.78, 5) is 14.9. The number of hydrogen-bond donors (Lipinski definition) is 2. The van der Waals surface area contributed by atoms with Crippen molar-refractivity contribution >= 4 is 11.8 Å². The summed E-state index contributed by atoms with van der Waals surface area (Å²) in [5.41, 5.74) is -0.136. The summed E-state index contributed by atoms with van der Waals surface area (Å²) in [6.45, 7) is 1.76. The van der Waals surface area contributed by atoms with Gasteiger partial charge >= 0.3 is 5.97 Å². The topological polar surface area (TPSA) is 80.7 Å². The number of carboxylic acid groups (broad SMARTS) is 1. The quantitative estimate of drug-likeness (QED) is 0.813. The minimum absolute atomic E-state index is 0.210. The van der Waals surface area contributed by atoms with Crippen LogP contribution >= 0.6 is 0 Å². The van der Waals surface area contributed by atoms with Crippen LogP contribution in [0.1, 0.15) is 16.8 Å². The Labute approximate surface area is 105 Å². The molecule has 0 bridgehead atoms. The molecule has 0 saturated carbocycles. The molecule has 1 saturated heterocycles. The molecule has 0 aliphatic carbocycles. The zero-order valence-electron chi connectivity index (χ0n) is 10.2. The van der Waals surface area contributed by atoms with E-state index in [9.17, 15) is 4.79 Å². The van der Waals surface area contributed by atoms with Crippen molar-refractivity contribution in [3.63, 3.8) is 0 Å². The maximum atomic E-state index is 10.8. The fourth-order valence-corrected chi connectivity index (χ4v) is 1.87. The number of rotatable bonds is 5. The molecule has 98 valence electrons. The minimum atomic E-state index is -0.967. The third-order valence-electron chi connectivity index (χ3n) is 3.10. The standard InChI is InChI=1S/C12H16N2O4/c1-17-12(3-5-18-8-12)7-14-10-6-9(11(15)16)2-4-13-10/h2,4,6H,3,5,7-8H2,1H3,(H,13,14)(H,15,16). The Morgan fingerprint density at radius 2 is 2.56 bits per heavy atom. The van der Waals surface area contributed by atoms with E-state index in [-0.39, 0.29) is 11.2 Å². The lowest BCUT2D eigenvalue weighted by Gasteiger charge is -2.26. The van der Waals surface area contributed by atoms with Gasteiger partial charge in [0.05, 0.1) is 12.2 Å². The summed E-state index contributed by atoms with van der Waals surface area (Å²) >= 11 is 0. The van der Waals surface area contributed by atoms with E-state index in [4.69, 9.17) is 14.6 Å². The van der Waals surface area contributed by atoms with Crippen LogP contribution in [0.4, 0.5) is 5.82 Å². The van der Waals surface area contributed by atoms with E-state index < -0.39 is 5.97 Å². The highest BCUT2D eigenvalue weighted by Crippen LogP contribution is 2.22. The minimum Gasteiger partial charge on any atom is -0.478 e. The van der Waals surface area contributed by atoms with Gasteiger partial charge in [0.2, 0.25) is 0 Å². The number of methoxy groups -OCH3 is 1. The number of anilines is 1. The number of nitrogens with one attached hydrogen (secondary N) is 1. The molecule has 1 aromatic heterocycles. The monoisotopic (exact) mass is 252 g/mol. The van der Waals surface area contributed by atoms with Crippen LogP contribution < -0.4 is 5.32 Å². The van der Waals surface area contributed by atoms with E-state index in [1.807, 2.05) is 0 Å². The van der Waals surface area contributed by atoms with Crippen molar-refractivity contribution in [2.75, 3.05) is 32.2 Å². The Morgan fingerprint density at radius 1 is 1.72 bits per heavy atom. The van der Waals surface area contributed by atoms with Crippen LogP contribution in [0, 0.1) is 0 Å². The number of ether oxygens (including phenoxy) is 2. The molecule has 6 heteroatoms. The molecule has 2 rings (SSSR count). The zero-order valence-corrected chi connectivity index (χ0v) is 10.2. The molecule has 0 spiro atoms. The van der Waals surface area contributed by atoms with E-state index in [1.54, 1.807) is 7.11 Å². The van der Waals surface area contributed by atoms with Crippen molar-refractivity contribution in [2.24, 2.45) is 0 Å². The van der Waals surface area contributed by atoms with Crippen molar-refractivity contribution in [3.05, 3.63) is 23.9 Å². The van der Waals surface area contributed by atoms with Crippen LogP contribution in [0.15, 0.2) is 18.3 Å². The summed E-state index contributed by atoms with van der Waals surface area (Å²) in [6, 6.07) is 2.96. The number of carboxylic acids is 1. The number of aromatic nitrogens is 1. The largest absolute Gasteiger partial charge is 0.478 e. The van der Waals surface area contributed by atoms with Crippen molar-refractivity contribution in [1.82, 2.24) is 4.98 Å². The second-order valence-corrected chi connectivity index (χ2v) is 4.28. The van der Waals surface area contributed by atoms with Gasteiger partial charge in [-0.1, -0.05) is 0 Å². The molecule has 2 N–H and O–H groups in total. The van der Waals surface area contributed by atoms with Crippen LogP contribution in [0.2, 0.25) is 0 Å². The molecule has 1 aliphatic rings. The smallest absolute Gasteiger partial charge is 0.335 e. The number of carbonyl (C=O) groups is 1. The first kappa shape index (κ1) is 12.8. The lowest BCUT2D eigenvalue weighted by Crippen LogP contribution is -2.39. The van der Waals surface area contributed by atoms with Crippen LogP contribution in [0.5, 0.6) is 0 Å². The molecule has 1 atom stereocenters. The third kappa shape index (κ3) is 2.77. The molecular weight excluding hydrogens is 236 g/mol. The second kappa shape index (κ2) is 5.32. The molecule has 1 aliphatic heterocycles. The van der Waals surface area contributed by atoms with Gasteiger partial charge in [0.25, 0.3) is 0 Å². The second-order valence-electron chi connectivity index (χ2n) is 4.28. The summed E-state index contributed by atoms with van der Waals surface area (Å²) in [6.07, 6.45) is 2.28. The van der Waals surface area contributed by atoms with E-state index in [1.165, 1.54) is 18.3 Å². The highest BCUT2D eigenvalue weighted by molar-refractivity contribution is 5.88. The molecule has 1 fully saturated rings. The van der Waals surface area contributed by atoms with Crippen LogP contribution in [-0.4, -0.2) is 48.5 Å². The van der Waals surface area contributed by atoms with Crippen molar-refractivity contribution < 1.29 is 19.4 Å². The summed E-state index contributed by atoms with van der Waals surface area (Å²) in [5.74, 6) is -0.440. The zero-order chi connectivity index (χ0) is 13.0. The van der Waals surface area contributed by atoms with Gasteiger partial charge in [-0.2, -0.15) is 0 Å². The van der Waals surface area contributed by atoms with Crippen LogP contribution in [0.25, 0.3) is 0 Å². The normalized spacial score (nSPS) is 22.9. The van der Waals surface area contributed by atoms with Gasteiger partial charge in [-0.05, 0) is 12.1 Å². The average Bonchev–Trinajstić information content (AvgIpc) is 2.86. The first-order valence-corrected chi connectivity index (χ1v) is 5.71. The molecule has 0 aromatic carbocycles. The lowest BCUT2D eigenvalue weighted by atomic mass is 10.0. The number of pyridine rings is 1. The van der Waals surface area contributed by atoms with E-state index >= 15 is 0 Å². The number of aromatic carboxylic acids is 1. The fourth-order valence-electron chi connectivity index (χ4n) is 1.87. The van der Waals surface area contributed by atoms with Crippen molar-refractivity contribution in [3.8, 4) is 0 Å². The number of hydrogen-bond acceptors (Lipinski definition) is 5. The van der Waals surface area contributed by atoms with Crippen LogP contribution in [0.3, 0.4) is 0 Å². The molecule has 0 radical (unpaired) electrons. The first-order chi connectivity index (χ1) is 8.65. The average molecular weight is 252 g/mol. The summed E-state index contributed by atoms with van der Waals surface area (Å²) < 4.78 is 10.8. The van der Waals surface area contributed by atoms with E-state index in [0.29, 0.717) is 25.6 Å². The Hall–Kier alpha value is -1.66. The van der Waals surface area contributed by atoms with Gasteiger partial charge in [-0.15, -0.1) is 0 Å². The molecule has 2 heterocycles. The van der Waals surface area contributed by atoms with Gasteiger partial charge in [0.15, 0.2) is 0 Å². The predicted molar refractivity (Wildman–Crippen MR) is 64.9 cm³/mol. The third-order valence-corrected chi connectivity index (χ3v) is 3.10. The molecule has 1 aromatic rings. The summed E-state index contributed by atoms with van der Waals surface area (Å²) in [5, 5.41) is 12.0. The molecular formula is C12H16N2O4. The molecule has 0 amide bonds. The lowest BCUT2D eigenvalue weighted by molar-refractivity contribution is -0.00625. The molecule has 18 heavy (non-hydrogen) atoms. The predicted octanol–water partition coefficient (Wildman–Crippen LogP) is 0.997. The maximum absolute atomic E-state index is 10.8. The van der Waals surface area contributed by atoms with Gasteiger partial charge in [0.1, 0.15) is 11.4 Å². The highest BCUT2D eigenvalue weighted by Gasteiger charge is 2.34. The number of nitrogens with zero attached hydrogens (tertiary/aromatic N) is 1. The van der Waals surface area contributed by atoms with Gasteiger partial charge in [-0.3, -0.25) is 0 Å². The Balaban J connectivity index is 2.01. The van der Waals surface area contributed by atoms with E-state index in [2.05, 4.69) is 10.3 Å². The molecule has 6 nitrogen and oxygen atoms in total. The van der Waals surface area contributed by atoms with Gasteiger partial charge in [-0.25, -0.2) is 9.78 Å². The van der Waals surface area contributed by atoms with Gasteiger partial charge in [0, 0.05) is 32.9 Å². The first-order valence-electron chi connectivity index (χ1n) is 5.71. The Kier molecular flexibility index (Phi) is 3.78. The Morgan fingerprint density at radius 3 is 3.17 bits per heavy atom. The van der Waals surface area contributed by atoms with E-state index in [0.717, 1.165) is 6.42 Å². The fraction of sp³-hybridized carbons (Fsp3) is 0.500. The highest BCUT2D eigenvalue weighted by atomic mass is 16.5. The van der Waals surface area contributed by atoms with Crippen LogP contribution in [-0.2, 0) is 9.47 Å². The molecule has 1 unspecified atom stereocenters. The SMILES string of the molecule is COC1(CNc2cc(C(=O)O)ccn2)CCOC1. The van der Waals surface area contributed by atoms with Crippen molar-refractivity contribution in [1.29, 1.82) is 0 Å².